The Morgan fingerprint density at radius 2 is 1.89 bits per heavy atom. The number of ether oxygens (including phenoxy) is 2. The highest BCUT2D eigenvalue weighted by molar-refractivity contribution is 5.33. The monoisotopic (exact) mass is 251 g/mol. The number of hydrogen-bond donors (Lipinski definition) is 1. The molecule has 0 atom stereocenters. The lowest BCUT2D eigenvalue weighted by Crippen LogP contribution is -2.19. The first-order valence-electron chi connectivity index (χ1n) is 6.87. The molecule has 3 heteroatoms. The van der Waals surface area contributed by atoms with Crippen molar-refractivity contribution in [3.8, 4) is 5.75 Å². The number of rotatable bonds is 10. The quantitative estimate of drug-likeness (QED) is 0.648. The molecule has 0 radical (unpaired) electrons. The molecule has 0 aliphatic rings. The largest absolute Gasteiger partial charge is 0.493 e. The van der Waals surface area contributed by atoms with Crippen LogP contribution in [0.3, 0.4) is 0 Å². The summed E-state index contributed by atoms with van der Waals surface area (Å²) in [5.74, 6) is 1.01. The zero-order chi connectivity index (χ0) is 13.1. The van der Waals surface area contributed by atoms with E-state index in [0.717, 1.165) is 51.5 Å². The molecule has 0 spiro atoms. The van der Waals surface area contributed by atoms with E-state index in [2.05, 4.69) is 31.3 Å². The molecule has 0 unspecified atom stereocenters. The Kier molecular flexibility index (Phi) is 8.26. The second kappa shape index (κ2) is 9.92. The van der Waals surface area contributed by atoms with E-state index in [-0.39, 0.29) is 0 Å². The number of nitrogens with one attached hydrogen (secondary N) is 1. The van der Waals surface area contributed by atoms with E-state index < -0.39 is 0 Å². The van der Waals surface area contributed by atoms with Crippen LogP contribution in [0, 0.1) is 0 Å². The molecule has 1 N–H and O–H groups in total. The summed E-state index contributed by atoms with van der Waals surface area (Å²) in [7, 11) is 0. The van der Waals surface area contributed by atoms with E-state index in [1.807, 2.05) is 12.1 Å². The van der Waals surface area contributed by atoms with Crippen LogP contribution in [0.1, 0.15) is 25.8 Å². The minimum Gasteiger partial charge on any atom is -0.493 e. The van der Waals surface area contributed by atoms with Gasteiger partial charge in [-0.2, -0.15) is 0 Å². The first kappa shape index (κ1) is 15.0. The lowest BCUT2D eigenvalue weighted by Gasteiger charge is -2.10. The third kappa shape index (κ3) is 6.03. The molecule has 0 amide bonds. The van der Waals surface area contributed by atoms with Crippen LogP contribution in [0.15, 0.2) is 24.3 Å². The average molecular weight is 251 g/mol. The molecule has 0 aromatic heterocycles. The molecule has 102 valence electrons. The summed E-state index contributed by atoms with van der Waals surface area (Å²) in [6.07, 6.45) is 1.94. The van der Waals surface area contributed by atoms with Crippen molar-refractivity contribution in [2.75, 3.05) is 32.9 Å². The summed E-state index contributed by atoms with van der Waals surface area (Å²) in [6, 6.07) is 8.21. The lowest BCUT2D eigenvalue weighted by molar-refractivity contribution is 0.121. The van der Waals surface area contributed by atoms with Crippen molar-refractivity contribution >= 4 is 0 Å². The highest BCUT2D eigenvalue weighted by Gasteiger charge is 1.99. The van der Waals surface area contributed by atoms with Gasteiger partial charge in [0.1, 0.15) is 5.75 Å². The van der Waals surface area contributed by atoms with Gasteiger partial charge in [0, 0.05) is 19.6 Å². The van der Waals surface area contributed by atoms with Crippen LogP contribution in [0.4, 0.5) is 0 Å². The molecule has 0 saturated carbocycles. The predicted octanol–water partition coefficient (Wildman–Crippen LogP) is 2.64. The van der Waals surface area contributed by atoms with Gasteiger partial charge in [-0.25, -0.2) is 0 Å². The van der Waals surface area contributed by atoms with Crippen molar-refractivity contribution in [2.45, 2.75) is 26.7 Å². The highest BCUT2D eigenvalue weighted by Crippen LogP contribution is 2.18. The van der Waals surface area contributed by atoms with Gasteiger partial charge in [0.05, 0.1) is 13.2 Å². The van der Waals surface area contributed by atoms with Gasteiger partial charge >= 0.3 is 0 Å². The number of para-hydroxylation sites is 1. The zero-order valence-electron chi connectivity index (χ0n) is 11.6. The summed E-state index contributed by atoms with van der Waals surface area (Å²) < 4.78 is 11.2. The van der Waals surface area contributed by atoms with Crippen molar-refractivity contribution in [1.82, 2.24) is 5.32 Å². The van der Waals surface area contributed by atoms with E-state index in [0.29, 0.717) is 0 Å². The lowest BCUT2D eigenvalue weighted by atomic mass is 10.1. The Morgan fingerprint density at radius 1 is 1.06 bits per heavy atom. The third-order valence-electron chi connectivity index (χ3n) is 2.72. The first-order valence-corrected chi connectivity index (χ1v) is 6.87. The zero-order valence-corrected chi connectivity index (χ0v) is 11.6. The number of likely N-dealkylation sites (N-methyl/N-ethyl adjacent to an activating group) is 1. The summed E-state index contributed by atoms with van der Waals surface area (Å²) >= 11 is 0. The Hall–Kier alpha value is -1.06. The molecule has 0 heterocycles. The summed E-state index contributed by atoms with van der Waals surface area (Å²) in [5, 5.41) is 3.22. The summed E-state index contributed by atoms with van der Waals surface area (Å²) in [4.78, 5) is 0. The Morgan fingerprint density at radius 3 is 2.67 bits per heavy atom. The average Bonchev–Trinajstić information content (AvgIpc) is 2.42. The maximum absolute atomic E-state index is 5.76. The highest BCUT2D eigenvalue weighted by atomic mass is 16.5. The van der Waals surface area contributed by atoms with Crippen molar-refractivity contribution in [3.05, 3.63) is 29.8 Å². The van der Waals surface area contributed by atoms with Gasteiger partial charge in [0.25, 0.3) is 0 Å². The van der Waals surface area contributed by atoms with Crippen molar-refractivity contribution in [2.24, 2.45) is 0 Å². The van der Waals surface area contributed by atoms with Crippen LogP contribution in [0.25, 0.3) is 0 Å². The normalized spacial score (nSPS) is 10.6. The number of benzene rings is 1. The molecule has 1 aromatic carbocycles. The Balaban J connectivity index is 2.07. The van der Waals surface area contributed by atoms with Crippen molar-refractivity contribution in [1.29, 1.82) is 0 Å². The molecule has 1 rings (SSSR count). The van der Waals surface area contributed by atoms with E-state index in [1.54, 1.807) is 0 Å². The van der Waals surface area contributed by atoms with E-state index in [1.165, 1.54) is 5.56 Å². The molecule has 1 aromatic rings. The maximum atomic E-state index is 5.76. The van der Waals surface area contributed by atoms with Gasteiger partial charge in [-0.1, -0.05) is 32.0 Å². The molecule has 18 heavy (non-hydrogen) atoms. The van der Waals surface area contributed by atoms with Crippen LogP contribution in [-0.2, 0) is 11.2 Å². The van der Waals surface area contributed by atoms with Crippen LogP contribution in [0.2, 0.25) is 0 Å². The van der Waals surface area contributed by atoms with Crippen LogP contribution < -0.4 is 10.1 Å². The van der Waals surface area contributed by atoms with E-state index >= 15 is 0 Å². The molecule has 0 aliphatic heterocycles. The molecule has 0 aliphatic carbocycles. The minimum absolute atomic E-state index is 0.720. The number of aryl methyl sites for hydroxylation is 1. The predicted molar refractivity (Wildman–Crippen MR) is 75.3 cm³/mol. The summed E-state index contributed by atoms with van der Waals surface area (Å²) in [6.45, 7) is 8.43. The SMILES string of the molecule is CCNCCOCCCOc1ccccc1CC. The van der Waals surface area contributed by atoms with Gasteiger partial charge < -0.3 is 14.8 Å². The van der Waals surface area contributed by atoms with Gasteiger partial charge in [-0.3, -0.25) is 0 Å². The van der Waals surface area contributed by atoms with Gasteiger partial charge in [-0.05, 0) is 24.6 Å². The van der Waals surface area contributed by atoms with Gasteiger partial charge in [0.15, 0.2) is 0 Å². The van der Waals surface area contributed by atoms with Crippen molar-refractivity contribution in [3.63, 3.8) is 0 Å². The minimum atomic E-state index is 0.720. The van der Waals surface area contributed by atoms with Crippen molar-refractivity contribution < 1.29 is 9.47 Å². The third-order valence-corrected chi connectivity index (χ3v) is 2.72. The molecular formula is C15H25NO2. The van der Waals surface area contributed by atoms with Crippen LogP contribution in [0.5, 0.6) is 5.75 Å². The summed E-state index contributed by atoms with van der Waals surface area (Å²) in [5.41, 5.74) is 1.27. The van der Waals surface area contributed by atoms with E-state index in [4.69, 9.17) is 9.47 Å². The molecule has 0 fully saturated rings. The maximum Gasteiger partial charge on any atom is 0.122 e. The molecule has 0 saturated heterocycles. The first-order chi connectivity index (χ1) is 8.88. The smallest absolute Gasteiger partial charge is 0.122 e. The molecular weight excluding hydrogens is 226 g/mol. The fraction of sp³-hybridized carbons (Fsp3) is 0.600. The fourth-order valence-electron chi connectivity index (χ4n) is 1.70. The second-order valence-corrected chi connectivity index (χ2v) is 4.13. The number of hydrogen-bond acceptors (Lipinski definition) is 3. The topological polar surface area (TPSA) is 30.5 Å². The van der Waals surface area contributed by atoms with Crippen LogP contribution in [-0.4, -0.2) is 32.9 Å². The second-order valence-electron chi connectivity index (χ2n) is 4.13. The van der Waals surface area contributed by atoms with E-state index in [9.17, 15) is 0 Å². The van der Waals surface area contributed by atoms with Gasteiger partial charge in [0.2, 0.25) is 0 Å². The van der Waals surface area contributed by atoms with Gasteiger partial charge in [-0.15, -0.1) is 0 Å². The fourth-order valence-corrected chi connectivity index (χ4v) is 1.70. The Labute approximate surface area is 110 Å². The van der Waals surface area contributed by atoms with Crippen LogP contribution >= 0.6 is 0 Å². The molecule has 3 nitrogen and oxygen atoms in total. The Bertz CT molecular complexity index is 315. The molecule has 0 bridgehead atoms. The standard InChI is InChI=1S/C15H25NO2/c1-3-14-8-5-6-9-15(14)18-12-7-11-17-13-10-16-4-2/h5-6,8-9,16H,3-4,7,10-13H2,1-2H3.